The zero-order valence-corrected chi connectivity index (χ0v) is 6.06. The normalized spacial score (nSPS) is 25.2. The van der Waals surface area contributed by atoms with E-state index in [4.69, 9.17) is 0 Å². The minimum Gasteiger partial charge on any atom is -0.311 e. The molecule has 0 aromatic carbocycles. The first-order valence-electron chi connectivity index (χ1n) is 3.83. The largest absolute Gasteiger partial charge is 0.311 e. The van der Waals surface area contributed by atoms with Gasteiger partial charge in [0.1, 0.15) is 0 Å². The SMILES string of the molecule is CCCNC1C=CCC1. The molecule has 0 aromatic heterocycles. The van der Waals surface area contributed by atoms with Crippen LogP contribution >= 0.6 is 0 Å². The molecule has 0 aliphatic heterocycles. The molecular formula is C8H15N. The van der Waals surface area contributed by atoms with Crippen LogP contribution < -0.4 is 5.32 Å². The van der Waals surface area contributed by atoms with E-state index < -0.39 is 0 Å². The summed E-state index contributed by atoms with van der Waals surface area (Å²) in [6.45, 7) is 3.36. The molecule has 0 spiro atoms. The third-order valence-electron chi connectivity index (χ3n) is 1.67. The summed E-state index contributed by atoms with van der Waals surface area (Å²) in [6.07, 6.45) is 8.34. The van der Waals surface area contributed by atoms with Crippen LogP contribution in [0.1, 0.15) is 26.2 Å². The molecule has 9 heavy (non-hydrogen) atoms. The molecule has 52 valence electrons. The average molecular weight is 125 g/mol. The van der Waals surface area contributed by atoms with Crippen molar-refractivity contribution in [2.75, 3.05) is 6.54 Å². The summed E-state index contributed by atoms with van der Waals surface area (Å²) in [4.78, 5) is 0. The molecule has 1 aliphatic rings. The fourth-order valence-corrected chi connectivity index (χ4v) is 1.13. The molecule has 0 amide bonds. The van der Waals surface area contributed by atoms with Crippen LogP contribution in [-0.4, -0.2) is 12.6 Å². The summed E-state index contributed by atoms with van der Waals surface area (Å²) in [6, 6.07) is 0.685. The predicted molar refractivity (Wildman–Crippen MR) is 40.5 cm³/mol. The van der Waals surface area contributed by atoms with Crippen molar-refractivity contribution in [3.63, 3.8) is 0 Å². The summed E-state index contributed by atoms with van der Waals surface area (Å²) in [5.41, 5.74) is 0. The Morgan fingerprint density at radius 3 is 3.11 bits per heavy atom. The van der Waals surface area contributed by atoms with Crippen molar-refractivity contribution < 1.29 is 0 Å². The fourth-order valence-electron chi connectivity index (χ4n) is 1.13. The van der Waals surface area contributed by atoms with Crippen LogP contribution in [0.15, 0.2) is 12.2 Å². The van der Waals surface area contributed by atoms with Gasteiger partial charge in [0.15, 0.2) is 0 Å². The number of hydrogen-bond donors (Lipinski definition) is 1. The van der Waals surface area contributed by atoms with Crippen LogP contribution in [-0.2, 0) is 0 Å². The summed E-state index contributed by atoms with van der Waals surface area (Å²) in [5, 5.41) is 3.44. The van der Waals surface area contributed by atoms with Gasteiger partial charge in [-0.25, -0.2) is 0 Å². The maximum atomic E-state index is 3.44. The van der Waals surface area contributed by atoms with Gasteiger partial charge < -0.3 is 5.32 Å². The first-order chi connectivity index (χ1) is 4.43. The highest BCUT2D eigenvalue weighted by Crippen LogP contribution is 2.07. The van der Waals surface area contributed by atoms with Crippen molar-refractivity contribution in [2.24, 2.45) is 0 Å². The van der Waals surface area contributed by atoms with Gasteiger partial charge in [-0.1, -0.05) is 19.1 Å². The van der Waals surface area contributed by atoms with Gasteiger partial charge in [-0.3, -0.25) is 0 Å². The van der Waals surface area contributed by atoms with E-state index in [1.54, 1.807) is 0 Å². The molecule has 0 bridgehead atoms. The van der Waals surface area contributed by atoms with Crippen molar-refractivity contribution in [1.82, 2.24) is 5.32 Å². The Morgan fingerprint density at radius 2 is 2.56 bits per heavy atom. The Bertz CT molecular complexity index is 96.7. The van der Waals surface area contributed by atoms with E-state index in [0.29, 0.717) is 6.04 Å². The molecule has 0 fully saturated rings. The van der Waals surface area contributed by atoms with E-state index in [1.165, 1.54) is 19.3 Å². The average Bonchev–Trinajstić information content (AvgIpc) is 2.34. The number of hydrogen-bond acceptors (Lipinski definition) is 1. The Labute approximate surface area is 57.1 Å². The van der Waals surface area contributed by atoms with Crippen LogP contribution in [0.3, 0.4) is 0 Å². The monoisotopic (exact) mass is 125 g/mol. The molecule has 1 N–H and O–H groups in total. The van der Waals surface area contributed by atoms with Crippen molar-refractivity contribution in [1.29, 1.82) is 0 Å². The molecule has 1 nitrogen and oxygen atoms in total. The van der Waals surface area contributed by atoms with Gasteiger partial charge in [-0.2, -0.15) is 0 Å². The van der Waals surface area contributed by atoms with Crippen LogP contribution in [0, 0.1) is 0 Å². The Kier molecular flexibility index (Phi) is 2.78. The molecule has 1 atom stereocenters. The zero-order valence-electron chi connectivity index (χ0n) is 6.06. The molecule has 0 radical (unpaired) electrons. The van der Waals surface area contributed by atoms with Crippen molar-refractivity contribution in [3.05, 3.63) is 12.2 Å². The predicted octanol–water partition coefficient (Wildman–Crippen LogP) is 1.70. The van der Waals surface area contributed by atoms with Crippen LogP contribution in [0.2, 0.25) is 0 Å². The molecule has 0 saturated carbocycles. The number of rotatable bonds is 3. The molecular weight excluding hydrogens is 110 g/mol. The number of allylic oxidation sites excluding steroid dienone is 1. The van der Waals surface area contributed by atoms with E-state index in [0.717, 1.165) is 6.54 Å². The third-order valence-corrected chi connectivity index (χ3v) is 1.67. The molecule has 0 aromatic rings. The highest BCUT2D eigenvalue weighted by molar-refractivity contribution is 5.00. The lowest BCUT2D eigenvalue weighted by molar-refractivity contribution is 0.578. The van der Waals surface area contributed by atoms with Crippen molar-refractivity contribution in [3.8, 4) is 0 Å². The molecule has 0 saturated heterocycles. The summed E-state index contributed by atoms with van der Waals surface area (Å²) in [5.74, 6) is 0. The Balaban J connectivity index is 2.05. The summed E-state index contributed by atoms with van der Waals surface area (Å²) < 4.78 is 0. The minimum atomic E-state index is 0.685. The van der Waals surface area contributed by atoms with Gasteiger partial charge >= 0.3 is 0 Å². The standard InChI is InChI=1S/C8H15N/c1-2-7-9-8-5-3-4-6-8/h3,5,8-9H,2,4,6-7H2,1H3. The van der Waals surface area contributed by atoms with Crippen molar-refractivity contribution in [2.45, 2.75) is 32.2 Å². The second kappa shape index (κ2) is 3.67. The summed E-state index contributed by atoms with van der Waals surface area (Å²) >= 11 is 0. The second-order valence-corrected chi connectivity index (χ2v) is 2.57. The lowest BCUT2D eigenvalue weighted by Crippen LogP contribution is -2.25. The summed E-state index contributed by atoms with van der Waals surface area (Å²) in [7, 11) is 0. The van der Waals surface area contributed by atoms with Crippen LogP contribution in [0.5, 0.6) is 0 Å². The second-order valence-electron chi connectivity index (χ2n) is 2.57. The topological polar surface area (TPSA) is 12.0 Å². The van der Waals surface area contributed by atoms with Gasteiger partial charge in [0.05, 0.1) is 0 Å². The Morgan fingerprint density at radius 1 is 1.67 bits per heavy atom. The third kappa shape index (κ3) is 2.19. The van der Waals surface area contributed by atoms with Crippen LogP contribution in [0.4, 0.5) is 0 Å². The Hall–Kier alpha value is -0.300. The molecule has 0 heterocycles. The maximum absolute atomic E-state index is 3.44. The van der Waals surface area contributed by atoms with Gasteiger partial charge in [0.25, 0.3) is 0 Å². The van der Waals surface area contributed by atoms with Gasteiger partial charge in [-0.15, -0.1) is 0 Å². The van der Waals surface area contributed by atoms with E-state index in [2.05, 4.69) is 24.4 Å². The van der Waals surface area contributed by atoms with Crippen molar-refractivity contribution >= 4 is 0 Å². The smallest absolute Gasteiger partial charge is 0.0252 e. The fraction of sp³-hybridized carbons (Fsp3) is 0.750. The maximum Gasteiger partial charge on any atom is 0.0252 e. The highest BCUT2D eigenvalue weighted by atomic mass is 14.9. The first-order valence-corrected chi connectivity index (χ1v) is 3.83. The zero-order chi connectivity index (χ0) is 6.53. The quantitative estimate of drug-likeness (QED) is 0.566. The van der Waals surface area contributed by atoms with E-state index in [-0.39, 0.29) is 0 Å². The first kappa shape index (κ1) is 6.81. The molecule has 1 aliphatic carbocycles. The minimum absolute atomic E-state index is 0.685. The molecule has 1 unspecified atom stereocenters. The highest BCUT2D eigenvalue weighted by Gasteiger charge is 2.05. The van der Waals surface area contributed by atoms with Crippen LogP contribution in [0.25, 0.3) is 0 Å². The van der Waals surface area contributed by atoms with Gasteiger partial charge in [0, 0.05) is 6.04 Å². The van der Waals surface area contributed by atoms with Gasteiger partial charge in [0.2, 0.25) is 0 Å². The molecule has 1 rings (SSSR count). The number of nitrogens with one attached hydrogen (secondary N) is 1. The van der Waals surface area contributed by atoms with E-state index in [9.17, 15) is 0 Å². The van der Waals surface area contributed by atoms with E-state index >= 15 is 0 Å². The van der Waals surface area contributed by atoms with Gasteiger partial charge in [-0.05, 0) is 25.8 Å². The van der Waals surface area contributed by atoms with E-state index in [1.807, 2.05) is 0 Å². The molecule has 1 heteroatoms. The lowest BCUT2D eigenvalue weighted by Gasteiger charge is -2.07. The lowest BCUT2D eigenvalue weighted by atomic mass is 10.2.